The third-order valence-corrected chi connectivity index (χ3v) is 2.57. The number of aromatic nitrogens is 3. The van der Waals surface area contributed by atoms with Crippen LogP contribution in [-0.2, 0) is 13.6 Å². The van der Waals surface area contributed by atoms with Gasteiger partial charge in [0.2, 0.25) is 0 Å². The summed E-state index contributed by atoms with van der Waals surface area (Å²) in [7, 11) is 1.93. The number of aryl methyl sites for hydroxylation is 2. The lowest BCUT2D eigenvalue weighted by molar-refractivity contribution is 0.757. The highest BCUT2D eigenvalue weighted by atomic mass is 32.1. The summed E-state index contributed by atoms with van der Waals surface area (Å²) in [5, 5.41) is 9.57. The van der Waals surface area contributed by atoms with E-state index in [-0.39, 0.29) is 0 Å². The van der Waals surface area contributed by atoms with Crippen LogP contribution in [0.15, 0.2) is 17.0 Å². The van der Waals surface area contributed by atoms with Crippen molar-refractivity contribution >= 4 is 17.2 Å². The van der Waals surface area contributed by atoms with Crippen molar-refractivity contribution in [2.75, 3.05) is 5.32 Å². The van der Waals surface area contributed by atoms with Crippen LogP contribution in [0.5, 0.6) is 0 Å². The number of hydrogen-bond donors (Lipinski definition) is 1. The Morgan fingerprint density at radius 1 is 1.57 bits per heavy atom. The van der Waals surface area contributed by atoms with Crippen molar-refractivity contribution in [3.05, 3.63) is 28.3 Å². The molecule has 0 bridgehead atoms. The fourth-order valence-corrected chi connectivity index (χ4v) is 1.84. The van der Waals surface area contributed by atoms with E-state index in [1.807, 2.05) is 35.6 Å². The summed E-state index contributed by atoms with van der Waals surface area (Å²) < 4.78 is 1.84. The smallest absolute Gasteiger partial charge is 0.124 e. The van der Waals surface area contributed by atoms with Gasteiger partial charge in [0.25, 0.3) is 0 Å². The molecule has 1 N–H and O–H groups in total. The summed E-state index contributed by atoms with van der Waals surface area (Å²) in [6.45, 7) is 2.73. The summed E-state index contributed by atoms with van der Waals surface area (Å²) in [6.07, 6.45) is 0. The van der Waals surface area contributed by atoms with Crippen LogP contribution in [0.2, 0.25) is 0 Å². The van der Waals surface area contributed by atoms with Gasteiger partial charge in [0, 0.05) is 18.5 Å². The van der Waals surface area contributed by atoms with Crippen molar-refractivity contribution in [3.63, 3.8) is 0 Å². The van der Waals surface area contributed by atoms with E-state index < -0.39 is 0 Å². The molecule has 0 radical (unpaired) electrons. The van der Waals surface area contributed by atoms with Crippen LogP contribution >= 0.6 is 11.3 Å². The molecule has 2 rings (SSSR count). The molecule has 0 aliphatic carbocycles. The van der Waals surface area contributed by atoms with Crippen molar-refractivity contribution in [2.45, 2.75) is 13.5 Å². The van der Waals surface area contributed by atoms with Crippen LogP contribution in [0, 0.1) is 6.92 Å². The molecule has 4 nitrogen and oxygen atoms in total. The van der Waals surface area contributed by atoms with Crippen LogP contribution in [-0.4, -0.2) is 14.8 Å². The zero-order valence-corrected chi connectivity index (χ0v) is 9.01. The Kier molecular flexibility index (Phi) is 2.49. The molecule has 2 heterocycles. The van der Waals surface area contributed by atoms with Gasteiger partial charge in [-0.2, -0.15) is 5.10 Å². The fourth-order valence-electron chi connectivity index (χ4n) is 1.28. The quantitative estimate of drug-likeness (QED) is 0.836. The molecule has 0 fully saturated rings. The second-order valence-electron chi connectivity index (χ2n) is 3.13. The molecule has 0 atom stereocenters. The highest BCUT2D eigenvalue weighted by Gasteiger charge is 2.01. The lowest BCUT2D eigenvalue weighted by Gasteiger charge is -2.03. The van der Waals surface area contributed by atoms with E-state index in [9.17, 15) is 0 Å². The van der Waals surface area contributed by atoms with Crippen LogP contribution in [0.3, 0.4) is 0 Å². The molecule has 0 spiro atoms. The zero-order chi connectivity index (χ0) is 9.97. The van der Waals surface area contributed by atoms with Crippen molar-refractivity contribution in [1.29, 1.82) is 0 Å². The van der Waals surface area contributed by atoms with Crippen LogP contribution in [0.1, 0.15) is 11.4 Å². The zero-order valence-electron chi connectivity index (χ0n) is 8.19. The molecular weight excluding hydrogens is 196 g/mol. The molecule has 0 aliphatic rings. The number of hydrogen-bond acceptors (Lipinski definition) is 4. The number of nitrogens with zero attached hydrogens (tertiary/aromatic N) is 3. The van der Waals surface area contributed by atoms with Gasteiger partial charge in [-0.05, 0) is 6.92 Å². The molecule has 5 heteroatoms. The predicted octanol–water partition coefficient (Wildman–Crippen LogP) is 1.80. The first-order valence-electron chi connectivity index (χ1n) is 4.37. The Bertz CT molecular complexity index is 404. The van der Waals surface area contributed by atoms with Crippen LogP contribution in [0.25, 0.3) is 0 Å². The maximum atomic E-state index is 4.25. The maximum Gasteiger partial charge on any atom is 0.124 e. The molecule has 0 aromatic carbocycles. The monoisotopic (exact) mass is 208 g/mol. The Morgan fingerprint density at radius 2 is 2.43 bits per heavy atom. The predicted molar refractivity (Wildman–Crippen MR) is 57.4 cm³/mol. The third-order valence-electron chi connectivity index (χ3n) is 1.94. The van der Waals surface area contributed by atoms with Gasteiger partial charge in [-0.15, -0.1) is 11.3 Å². The van der Waals surface area contributed by atoms with E-state index in [2.05, 4.69) is 15.4 Å². The van der Waals surface area contributed by atoms with Crippen LogP contribution < -0.4 is 5.32 Å². The van der Waals surface area contributed by atoms with E-state index in [1.165, 1.54) is 0 Å². The van der Waals surface area contributed by atoms with Crippen LogP contribution in [0.4, 0.5) is 5.82 Å². The number of rotatable bonds is 3. The van der Waals surface area contributed by atoms with E-state index in [0.29, 0.717) is 0 Å². The van der Waals surface area contributed by atoms with Gasteiger partial charge in [-0.1, -0.05) is 0 Å². The molecule has 0 aliphatic heterocycles. The number of nitrogens with one attached hydrogen (secondary N) is 1. The third kappa shape index (κ3) is 1.93. The summed E-state index contributed by atoms with van der Waals surface area (Å²) in [5.74, 6) is 1.02. The topological polar surface area (TPSA) is 42.7 Å². The van der Waals surface area contributed by atoms with Gasteiger partial charge in [0.05, 0.1) is 23.4 Å². The van der Waals surface area contributed by atoms with Crippen molar-refractivity contribution in [3.8, 4) is 0 Å². The van der Waals surface area contributed by atoms with Gasteiger partial charge < -0.3 is 5.32 Å². The highest BCUT2D eigenvalue weighted by Crippen LogP contribution is 2.10. The molecule has 0 unspecified atom stereocenters. The SMILES string of the molecule is Cc1cc(NCc2cscn2)n(C)n1. The average Bonchev–Trinajstić information content (AvgIpc) is 2.72. The van der Waals surface area contributed by atoms with E-state index in [4.69, 9.17) is 0 Å². The Hall–Kier alpha value is -1.36. The van der Waals surface area contributed by atoms with Gasteiger partial charge in [-0.25, -0.2) is 4.98 Å². The molecule has 2 aromatic heterocycles. The first kappa shape index (κ1) is 9.21. The number of anilines is 1. The minimum absolute atomic E-state index is 0.752. The van der Waals surface area contributed by atoms with E-state index in [1.54, 1.807) is 11.3 Å². The largest absolute Gasteiger partial charge is 0.365 e. The average molecular weight is 208 g/mol. The van der Waals surface area contributed by atoms with E-state index >= 15 is 0 Å². The maximum absolute atomic E-state index is 4.25. The summed E-state index contributed by atoms with van der Waals surface area (Å²) >= 11 is 1.61. The summed E-state index contributed by atoms with van der Waals surface area (Å²) in [6, 6.07) is 2.02. The summed E-state index contributed by atoms with van der Waals surface area (Å²) in [4.78, 5) is 4.19. The molecule has 0 saturated heterocycles. The summed E-state index contributed by atoms with van der Waals surface area (Å²) in [5.41, 5.74) is 3.92. The second-order valence-corrected chi connectivity index (χ2v) is 3.85. The van der Waals surface area contributed by atoms with E-state index in [0.717, 1.165) is 23.8 Å². The molecular formula is C9H12N4S. The van der Waals surface area contributed by atoms with Gasteiger partial charge in [0.1, 0.15) is 5.82 Å². The van der Waals surface area contributed by atoms with Crippen molar-refractivity contribution < 1.29 is 0 Å². The Balaban J connectivity index is 2.01. The Labute approximate surface area is 86.6 Å². The second kappa shape index (κ2) is 3.79. The molecule has 74 valence electrons. The van der Waals surface area contributed by atoms with Gasteiger partial charge >= 0.3 is 0 Å². The normalized spacial score (nSPS) is 10.4. The minimum Gasteiger partial charge on any atom is -0.365 e. The number of thiazole rings is 1. The molecule has 0 saturated carbocycles. The van der Waals surface area contributed by atoms with Gasteiger partial charge in [0.15, 0.2) is 0 Å². The van der Waals surface area contributed by atoms with Crippen molar-refractivity contribution in [1.82, 2.24) is 14.8 Å². The Morgan fingerprint density at radius 3 is 3.00 bits per heavy atom. The van der Waals surface area contributed by atoms with Gasteiger partial charge in [-0.3, -0.25) is 4.68 Å². The highest BCUT2D eigenvalue weighted by molar-refractivity contribution is 7.07. The lowest BCUT2D eigenvalue weighted by atomic mass is 10.4. The standard InChI is InChI=1S/C9H12N4S/c1-7-3-9(13(2)12-7)10-4-8-5-14-6-11-8/h3,5-6,10H,4H2,1-2H3. The molecule has 0 amide bonds. The first-order chi connectivity index (χ1) is 6.75. The molecule has 14 heavy (non-hydrogen) atoms. The van der Waals surface area contributed by atoms with Crippen molar-refractivity contribution in [2.24, 2.45) is 7.05 Å². The molecule has 2 aromatic rings. The minimum atomic E-state index is 0.752. The first-order valence-corrected chi connectivity index (χ1v) is 5.31. The fraction of sp³-hybridized carbons (Fsp3) is 0.333. The lowest BCUT2D eigenvalue weighted by Crippen LogP contribution is -2.04.